The highest BCUT2D eigenvalue weighted by Crippen LogP contribution is 2.47. The van der Waals surface area contributed by atoms with Crippen molar-refractivity contribution in [3.63, 3.8) is 0 Å². The monoisotopic (exact) mass is 435 g/mol. The summed E-state index contributed by atoms with van der Waals surface area (Å²) in [6, 6.07) is 12.3. The Balaban J connectivity index is 1.74. The van der Waals surface area contributed by atoms with Gasteiger partial charge >= 0.3 is 0 Å². The number of carbonyl (C=O) groups is 2. The normalized spacial score (nSPS) is 14.2. The Morgan fingerprint density at radius 3 is 2.50 bits per heavy atom. The number of aryl methyl sites for hydroxylation is 1. The molecule has 0 aromatic heterocycles. The molecule has 4 heteroatoms. The first-order chi connectivity index (χ1) is 15.6. The molecule has 3 rings (SSSR count). The van der Waals surface area contributed by atoms with Crippen molar-refractivity contribution in [3.05, 3.63) is 58.7 Å². The van der Waals surface area contributed by atoms with Crippen molar-refractivity contribution in [2.24, 2.45) is 0 Å². The van der Waals surface area contributed by atoms with Crippen molar-refractivity contribution in [3.8, 4) is 11.1 Å². The standard InChI is InChI=1S/C28H37NO3/c1-3-5-7-13-26(31)23-12-9-11-21-25(19-30)24-18-20(15-16-22(24)28(21)23)10-8-14-27(32)29-17-6-4-2/h9,11-12,15-16,18,25,30H,3-8,10,13-14,17,19H2,1-2H3,(H,29,32). The highest BCUT2D eigenvalue weighted by atomic mass is 16.3. The number of fused-ring (bicyclic) bond motifs is 3. The van der Waals surface area contributed by atoms with Crippen molar-refractivity contribution in [2.45, 2.75) is 77.6 Å². The van der Waals surface area contributed by atoms with Gasteiger partial charge in [-0.1, -0.05) is 69.5 Å². The molecule has 172 valence electrons. The number of aliphatic hydroxyl groups is 1. The molecular formula is C28H37NO3. The van der Waals surface area contributed by atoms with Gasteiger partial charge in [-0.2, -0.15) is 0 Å². The number of carbonyl (C=O) groups excluding carboxylic acids is 2. The number of hydrogen-bond acceptors (Lipinski definition) is 3. The van der Waals surface area contributed by atoms with Gasteiger partial charge in [0.15, 0.2) is 5.78 Å². The van der Waals surface area contributed by atoms with Crippen LogP contribution in [0.25, 0.3) is 11.1 Å². The molecule has 0 heterocycles. The summed E-state index contributed by atoms with van der Waals surface area (Å²) >= 11 is 0. The van der Waals surface area contributed by atoms with E-state index in [1.165, 1.54) is 5.56 Å². The van der Waals surface area contributed by atoms with Crippen molar-refractivity contribution >= 4 is 11.7 Å². The number of unbranched alkanes of at least 4 members (excludes halogenated alkanes) is 3. The maximum Gasteiger partial charge on any atom is 0.220 e. The second kappa shape index (κ2) is 12.0. The summed E-state index contributed by atoms with van der Waals surface area (Å²) in [5.74, 6) is 0.213. The summed E-state index contributed by atoms with van der Waals surface area (Å²) < 4.78 is 0. The SMILES string of the molecule is CCCCCC(=O)c1cccc2c1-c1ccc(CCCC(=O)NCCCC)cc1C2CO. The summed E-state index contributed by atoms with van der Waals surface area (Å²) in [6.45, 7) is 5.04. The Kier molecular flexibility index (Phi) is 9.04. The molecule has 2 aromatic carbocycles. The van der Waals surface area contributed by atoms with Crippen LogP contribution >= 0.6 is 0 Å². The van der Waals surface area contributed by atoms with E-state index in [9.17, 15) is 14.7 Å². The van der Waals surface area contributed by atoms with Crippen LogP contribution in [0.3, 0.4) is 0 Å². The second-order valence-corrected chi connectivity index (χ2v) is 8.86. The molecule has 1 atom stereocenters. The third-order valence-electron chi connectivity index (χ3n) is 6.44. The lowest BCUT2D eigenvalue weighted by Gasteiger charge is -2.11. The van der Waals surface area contributed by atoms with Gasteiger partial charge in [0.25, 0.3) is 0 Å². The van der Waals surface area contributed by atoms with Crippen molar-refractivity contribution in [1.82, 2.24) is 5.32 Å². The van der Waals surface area contributed by atoms with Crippen LogP contribution in [0, 0.1) is 0 Å². The summed E-state index contributed by atoms with van der Waals surface area (Å²) in [4.78, 5) is 24.9. The molecule has 1 aliphatic rings. The average molecular weight is 436 g/mol. The van der Waals surface area contributed by atoms with Gasteiger partial charge in [-0.25, -0.2) is 0 Å². The van der Waals surface area contributed by atoms with E-state index in [-0.39, 0.29) is 24.2 Å². The number of nitrogens with one attached hydrogen (secondary N) is 1. The van der Waals surface area contributed by atoms with Crippen LogP contribution in [0.1, 0.15) is 98.2 Å². The predicted octanol–water partition coefficient (Wildman–Crippen LogP) is 5.79. The highest BCUT2D eigenvalue weighted by molar-refractivity contribution is 6.04. The first kappa shape index (κ1) is 24.2. The van der Waals surface area contributed by atoms with Crippen LogP contribution in [0.15, 0.2) is 36.4 Å². The molecule has 2 N–H and O–H groups in total. The van der Waals surface area contributed by atoms with Gasteiger partial charge in [-0.15, -0.1) is 0 Å². The van der Waals surface area contributed by atoms with E-state index < -0.39 is 0 Å². The fraction of sp³-hybridized carbons (Fsp3) is 0.500. The average Bonchev–Trinajstić information content (AvgIpc) is 3.12. The van der Waals surface area contributed by atoms with Gasteiger partial charge in [0, 0.05) is 30.9 Å². The smallest absolute Gasteiger partial charge is 0.220 e. The maximum absolute atomic E-state index is 13.0. The molecular weight excluding hydrogens is 398 g/mol. The summed E-state index contributed by atoms with van der Waals surface area (Å²) in [5.41, 5.74) is 6.18. The number of hydrogen-bond donors (Lipinski definition) is 2. The van der Waals surface area contributed by atoms with Crippen LogP contribution < -0.4 is 5.32 Å². The van der Waals surface area contributed by atoms with Crippen molar-refractivity contribution in [2.75, 3.05) is 13.2 Å². The fourth-order valence-electron chi connectivity index (χ4n) is 4.66. The minimum Gasteiger partial charge on any atom is -0.395 e. The molecule has 32 heavy (non-hydrogen) atoms. The molecule has 4 nitrogen and oxygen atoms in total. The minimum atomic E-state index is -0.0966. The summed E-state index contributed by atoms with van der Waals surface area (Å²) in [6.07, 6.45) is 7.90. The highest BCUT2D eigenvalue weighted by Gasteiger charge is 2.31. The Bertz CT molecular complexity index is 934. The number of ketones is 1. The molecule has 1 amide bonds. The molecule has 0 spiro atoms. The minimum absolute atomic E-state index is 0.0246. The molecule has 0 radical (unpaired) electrons. The van der Waals surface area contributed by atoms with Crippen LogP contribution in [0.2, 0.25) is 0 Å². The van der Waals surface area contributed by atoms with E-state index in [4.69, 9.17) is 0 Å². The van der Waals surface area contributed by atoms with Gasteiger partial charge < -0.3 is 10.4 Å². The van der Waals surface area contributed by atoms with Crippen LogP contribution in [0.5, 0.6) is 0 Å². The van der Waals surface area contributed by atoms with Crippen molar-refractivity contribution in [1.29, 1.82) is 0 Å². The molecule has 0 fully saturated rings. The molecule has 2 aromatic rings. The molecule has 1 aliphatic carbocycles. The quantitative estimate of drug-likeness (QED) is 0.309. The molecule has 0 saturated carbocycles. The largest absolute Gasteiger partial charge is 0.395 e. The van der Waals surface area contributed by atoms with Gasteiger partial charge in [0.05, 0.1) is 6.61 Å². The zero-order chi connectivity index (χ0) is 22.9. The number of amides is 1. The van der Waals surface area contributed by atoms with Gasteiger partial charge in [-0.05, 0) is 53.5 Å². The molecule has 0 bridgehead atoms. The van der Waals surface area contributed by atoms with E-state index in [1.54, 1.807) is 0 Å². The summed E-state index contributed by atoms with van der Waals surface area (Å²) in [7, 11) is 0. The lowest BCUT2D eigenvalue weighted by atomic mass is 9.93. The number of Topliss-reactive ketones (excluding diaryl/α,β-unsaturated/α-hetero) is 1. The molecule has 0 saturated heterocycles. The zero-order valence-electron chi connectivity index (χ0n) is 19.6. The first-order valence-corrected chi connectivity index (χ1v) is 12.3. The van der Waals surface area contributed by atoms with Crippen LogP contribution in [-0.4, -0.2) is 29.9 Å². The third-order valence-corrected chi connectivity index (χ3v) is 6.44. The lowest BCUT2D eigenvalue weighted by Crippen LogP contribution is -2.23. The van der Waals surface area contributed by atoms with Crippen molar-refractivity contribution < 1.29 is 14.7 Å². The fourth-order valence-corrected chi connectivity index (χ4v) is 4.66. The second-order valence-electron chi connectivity index (χ2n) is 8.86. The Hall–Kier alpha value is -2.46. The van der Waals surface area contributed by atoms with E-state index >= 15 is 0 Å². The van der Waals surface area contributed by atoms with Gasteiger partial charge in [0.2, 0.25) is 5.91 Å². The van der Waals surface area contributed by atoms with Gasteiger partial charge in [0.1, 0.15) is 0 Å². The molecule has 1 unspecified atom stereocenters. The van der Waals surface area contributed by atoms with E-state index in [2.05, 4.69) is 37.4 Å². The third kappa shape index (κ3) is 5.66. The molecule has 0 aliphatic heterocycles. The first-order valence-electron chi connectivity index (χ1n) is 12.3. The zero-order valence-corrected chi connectivity index (χ0v) is 19.6. The Morgan fingerprint density at radius 1 is 0.938 bits per heavy atom. The van der Waals surface area contributed by atoms with Crippen LogP contribution in [0.4, 0.5) is 0 Å². The number of rotatable bonds is 13. The number of benzene rings is 2. The predicted molar refractivity (Wildman–Crippen MR) is 130 cm³/mol. The van der Waals surface area contributed by atoms with E-state index in [1.807, 2.05) is 18.2 Å². The topological polar surface area (TPSA) is 66.4 Å². The summed E-state index contributed by atoms with van der Waals surface area (Å²) in [5, 5.41) is 13.1. The van der Waals surface area contributed by atoms with E-state index in [0.717, 1.165) is 79.3 Å². The lowest BCUT2D eigenvalue weighted by molar-refractivity contribution is -0.121. The van der Waals surface area contributed by atoms with Crippen LogP contribution in [-0.2, 0) is 11.2 Å². The Labute approximate surface area is 192 Å². The number of aliphatic hydroxyl groups excluding tert-OH is 1. The Morgan fingerprint density at radius 2 is 1.75 bits per heavy atom. The van der Waals surface area contributed by atoms with Gasteiger partial charge in [-0.3, -0.25) is 9.59 Å². The van der Waals surface area contributed by atoms with E-state index in [0.29, 0.717) is 12.8 Å². The maximum atomic E-state index is 13.0.